The van der Waals surface area contributed by atoms with Crippen LogP contribution in [0.2, 0.25) is 0 Å². The van der Waals surface area contributed by atoms with Gasteiger partial charge in [0.1, 0.15) is 11.3 Å². The van der Waals surface area contributed by atoms with Crippen LogP contribution in [0.4, 0.5) is 5.69 Å². The summed E-state index contributed by atoms with van der Waals surface area (Å²) in [7, 11) is 0. The van der Waals surface area contributed by atoms with E-state index >= 15 is 0 Å². The van der Waals surface area contributed by atoms with E-state index in [1.807, 2.05) is 0 Å². The van der Waals surface area contributed by atoms with Crippen molar-refractivity contribution in [3.8, 4) is 17.0 Å². The first kappa shape index (κ1) is 11.1. The van der Waals surface area contributed by atoms with Crippen molar-refractivity contribution in [3.05, 3.63) is 35.5 Å². The summed E-state index contributed by atoms with van der Waals surface area (Å²) in [6.07, 6.45) is 0. The number of phenolic OH excluding ortho intramolecular Hbond substituents is 1. The van der Waals surface area contributed by atoms with E-state index < -0.39 is 5.97 Å². The Bertz CT molecular complexity index is 570. The van der Waals surface area contributed by atoms with Crippen molar-refractivity contribution >= 4 is 11.7 Å². The molecule has 0 aliphatic rings. The number of hydrogen-bond donors (Lipinski definition) is 4. The highest BCUT2D eigenvalue weighted by Crippen LogP contribution is 2.31. The Balaban J connectivity index is 2.57. The first-order valence-corrected chi connectivity index (χ1v) is 5.01. The maximum atomic E-state index is 11.0. The van der Waals surface area contributed by atoms with E-state index in [0.29, 0.717) is 11.4 Å². The van der Waals surface area contributed by atoms with Crippen molar-refractivity contribution in [2.75, 3.05) is 5.73 Å². The average Bonchev–Trinajstić information content (AvgIpc) is 2.55. The second-order valence-corrected chi connectivity index (χ2v) is 3.77. The van der Waals surface area contributed by atoms with Gasteiger partial charge in [0.25, 0.3) is 0 Å². The van der Waals surface area contributed by atoms with Gasteiger partial charge in [0, 0.05) is 11.3 Å². The second kappa shape index (κ2) is 3.86. The number of aromatic amines is 1. The van der Waals surface area contributed by atoms with E-state index in [2.05, 4.69) is 4.98 Å². The predicted octanol–water partition coefficient (Wildman–Crippen LogP) is 1.98. The largest absolute Gasteiger partial charge is 0.508 e. The zero-order chi connectivity index (χ0) is 12.6. The molecule has 5 N–H and O–H groups in total. The minimum absolute atomic E-state index is 0.0908. The molecule has 0 spiro atoms. The van der Waals surface area contributed by atoms with Crippen LogP contribution in [0, 0.1) is 6.92 Å². The molecule has 1 heterocycles. The molecule has 2 aromatic rings. The fourth-order valence-electron chi connectivity index (χ4n) is 1.78. The first-order valence-electron chi connectivity index (χ1n) is 5.01. The quantitative estimate of drug-likeness (QED) is 0.636. The normalized spacial score (nSPS) is 10.4. The van der Waals surface area contributed by atoms with Crippen molar-refractivity contribution < 1.29 is 15.0 Å². The number of anilines is 1. The molecular formula is C12H12N2O3. The van der Waals surface area contributed by atoms with Gasteiger partial charge in [-0.25, -0.2) is 4.79 Å². The van der Waals surface area contributed by atoms with E-state index in [4.69, 9.17) is 10.8 Å². The molecule has 0 unspecified atom stereocenters. The number of aryl methyl sites for hydroxylation is 1. The molecule has 0 bridgehead atoms. The number of aromatic hydroxyl groups is 1. The molecule has 0 amide bonds. The van der Waals surface area contributed by atoms with Crippen molar-refractivity contribution in [1.82, 2.24) is 4.98 Å². The Morgan fingerprint density at radius 1 is 1.29 bits per heavy atom. The van der Waals surface area contributed by atoms with Crippen LogP contribution in [0.15, 0.2) is 24.3 Å². The number of carbonyl (C=O) groups is 1. The molecule has 5 nitrogen and oxygen atoms in total. The maximum Gasteiger partial charge on any atom is 0.339 e. The van der Waals surface area contributed by atoms with Crippen molar-refractivity contribution in [1.29, 1.82) is 0 Å². The predicted molar refractivity (Wildman–Crippen MR) is 64.0 cm³/mol. The van der Waals surface area contributed by atoms with Crippen LogP contribution in [0.5, 0.6) is 5.75 Å². The number of nitrogens with two attached hydrogens (primary N) is 1. The number of H-pyrrole nitrogens is 1. The number of carboxylic acid groups (broad SMARTS) is 1. The van der Waals surface area contributed by atoms with Crippen LogP contribution in [0.25, 0.3) is 11.3 Å². The summed E-state index contributed by atoms with van der Waals surface area (Å²) in [6.45, 7) is 1.66. The van der Waals surface area contributed by atoms with Gasteiger partial charge in [-0.05, 0) is 31.2 Å². The molecule has 0 radical (unpaired) electrons. The van der Waals surface area contributed by atoms with Gasteiger partial charge >= 0.3 is 5.97 Å². The molecule has 2 rings (SSSR count). The van der Waals surface area contributed by atoms with Crippen LogP contribution in [0.3, 0.4) is 0 Å². The number of rotatable bonds is 2. The number of nitrogens with one attached hydrogen (secondary N) is 1. The highest BCUT2D eigenvalue weighted by molar-refractivity contribution is 5.99. The molecule has 0 fully saturated rings. The Morgan fingerprint density at radius 3 is 2.35 bits per heavy atom. The van der Waals surface area contributed by atoms with Gasteiger partial charge in [0.05, 0.1) is 11.4 Å². The molecule has 0 aliphatic carbocycles. The van der Waals surface area contributed by atoms with Crippen molar-refractivity contribution in [2.24, 2.45) is 0 Å². The van der Waals surface area contributed by atoms with Gasteiger partial charge in [0.2, 0.25) is 0 Å². The first-order chi connectivity index (χ1) is 8.00. The average molecular weight is 232 g/mol. The van der Waals surface area contributed by atoms with Gasteiger partial charge in [-0.15, -0.1) is 0 Å². The van der Waals surface area contributed by atoms with Gasteiger partial charge in [0.15, 0.2) is 0 Å². The third kappa shape index (κ3) is 1.82. The summed E-state index contributed by atoms with van der Waals surface area (Å²) >= 11 is 0. The molecule has 5 heteroatoms. The second-order valence-electron chi connectivity index (χ2n) is 3.77. The van der Waals surface area contributed by atoms with E-state index in [9.17, 15) is 9.90 Å². The van der Waals surface area contributed by atoms with Crippen LogP contribution >= 0.6 is 0 Å². The molecule has 1 aromatic carbocycles. The number of aromatic nitrogens is 1. The number of aromatic carboxylic acids is 1. The van der Waals surface area contributed by atoms with Gasteiger partial charge in [-0.3, -0.25) is 0 Å². The number of nitrogen functional groups attached to an aromatic ring is 1. The lowest BCUT2D eigenvalue weighted by atomic mass is 10.1. The van der Waals surface area contributed by atoms with E-state index in [1.165, 1.54) is 12.1 Å². The third-order valence-electron chi connectivity index (χ3n) is 2.60. The Morgan fingerprint density at radius 2 is 1.88 bits per heavy atom. The zero-order valence-corrected chi connectivity index (χ0v) is 9.19. The van der Waals surface area contributed by atoms with E-state index in [0.717, 1.165) is 5.56 Å². The lowest BCUT2D eigenvalue weighted by Crippen LogP contribution is -2.01. The third-order valence-corrected chi connectivity index (χ3v) is 2.60. The SMILES string of the molecule is Cc1[nH]c(-c2ccc(O)cc2)c(N)c1C(=O)O. The standard InChI is InChI=1S/C12H12N2O3/c1-6-9(12(16)17)10(13)11(14-6)7-2-4-8(15)5-3-7/h2-5,14-15H,13H2,1H3,(H,16,17). The molecule has 17 heavy (non-hydrogen) atoms. The van der Waals surface area contributed by atoms with E-state index in [-0.39, 0.29) is 17.0 Å². The maximum absolute atomic E-state index is 11.0. The monoisotopic (exact) mass is 232 g/mol. The fourth-order valence-corrected chi connectivity index (χ4v) is 1.78. The number of phenols is 1. The highest BCUT2D eigenvalue weighted by Gasteiger charge is 2.18. The lowest BCUT2D eigenvalue weighted by molar-refractivity contribution is 0.0697. The topological polar surface area (TPSA) is 99.3 Å². The molecule has 0 atom stereocenters. The van der Waals surface area contributed by atoms with Crippen LogP contribution in [-0.4, -0.2) is 21.2 Å². The van der Waals surface area contributed by atoms with Gasteiger partial charge < -0.3 is 20.9 Å². The van der Waals surface area contributed by atoms with Gasteiger partial charge in [-0.2, -0.15) is 0 Å². The summed E-state index contributed by atoms with van der Waals surface area (Å²) in [4.78, 5) is 13.9. The smallest absolute Gasteiger partial charge is 0.339 e. The fraction of sp³-hybridized carbons (Fsp3) is 0.0833. The van der Waals surface area contributed by atoms with E-state index in [1.54, 1.807) is 19.1 Å². The molecule has 1 aromatic heterocycles. The molecule has 0 aliphatic heterocycles. The molecular weight excluding hydrogens is 220 g/mol. The Kier molecular flexibility index (Phi) is 2.51. The van der Waals surface area contributed by atoms with Gasteiger partial charge in [-0.1, -0.05) is 0 Å². The summed E-state index contributed by atoms with van der Waals surface area (Å²) in [5, 5.41) is 18.2. The lowest BCUT2D eigenvalue weighted by Gasteiger charge is -2.01. The number of benzene rings is 1. The summed E-state index contributed by atoms with van der Waals surface area (Å²) in [5.74, 6) is -0.907. The minimum Gasteiger partial charge on any atom is -0.508 e. The van der Waals surface area contributed by atoms with Crippen molar-refractivity contribution in [3.63, 3.8) is 0 Å². The molecule has 0 saturated heterocycles. The molecule has 88 valence electrons. The summed E-state index contributed by atoms with van der Waals surface area (Å²) in [5.41, 5.74) is 7.90. The molecule has 0 saturated carbocycles. The number of hydrogen-bond acceptors (Lipinski definition) is 3. The Hall–Kier alpha value is -2.43. The van der Waals surface area contributed by atoms with Crippen LogP contribution in [-0.2, 0) is 0 Å². The van der Waals surface area contributed by atoms with Crippen LogP contribution in [0.1, 0.15) is 16.1 Å². The Labute approximate surface area is 97.5 Å². The number of carboxylic acids is 1. The summed E-state index contributed by atoms with van der Waals surface area (Å²) in [6, 6.07) is 6.38. The zero-order valence-electron chi connectivity index (χ0n) is 9.19. The highest BCUT2D eigenvalue weighted by atomic mass is 16.4. The minimum atomic E-state index is -1.05. The van der Waals surface area contributed by atoms with Crippen molar-refractivity contribution in [2.45, 2.75) is 6.92 Å². The van der Waals surface area contributed by atoms with Crippen LogP contribution < -0.4 is 5.73 Å². The summed E-state index contributed by atoms with van der Waals surface area (Å²) < 4.78 is 0.